The molecule has 0 bridgehead atoms. The van der Waals surface area contributed by atoms with E-state index in [1.54, 1.807) is 31.2 Å². The number of nitrogens with one attached hydrogen (secondary N) is 2. The quantitative estimate of drug-likeness (QED) is 0.0697. The van der Waals surface area contributed by atoms with Crippen LogP contribution in [0.2, 0.25) is 0 Å². The zero-order valence-corrected chi connectivity index (χ0v) is 29.3. The second-order valence-corrected chi connectivity index (χ2v) is 13.2. The van der Waals surface area contributed by atoms with Gasteiger partial charge in [-0.05, 0) is 48.8 Å². The minimum atomic E-state index is -0.815. The molecule has 2 N–H and O–H groups in total. The predicted molar refractivity (Wildman–Crippen MR) is 178 cm³/mol. The molecule has 0 aromatic heterocycles. The van der Waals surface area contributed by atoms with Gasteiger partial charge in [-0.1, -0.05) is 69.3 Å². The third-order valence-corrected chi connectivity index (χ3v) is 7.68. The summed E-state index contributed by atoms with van der Waals surface area (Å²) in [5.41, 5.74) is 1.41. The van der Waals surface area contributed by atoms with Crippen molar-refractivity contribution in [1.82, 2.24) is 5.32 Å². The van der Waals surface area contributed by atoms with E-state index in [0.29, 0.717) is 49.2 Å². The molecule has 0 saturated carbocycles. The molecule has 0 radical (unpaired) electrons. The molecule has 0 aliphatic carbocycles. The van der Waals surface area contributed by atoms with Gasteiger partial charge in [-0.3, -0.25) is 24.0 Å². The molecule has 0 saturated heterocycles. The highest BCUT2D eigenvalue weighted by atomic mass is 127. The first-order valence-electron chi connectivity index (χ1n) is 15.3. The molecule has 11 heteroatoms. The number of benzene rings is 1. The summed E-state index contributed by atoms with van der Waals surface area (Å²) in [5, 5.41) is 5.51. The van der Waals surface area contributed by atoms with E-state index in [0.717, 1.165) is 12.0 Å². The number of carbonyl (C=O) groups is 5. The largest absolute Gasteiger partial charge is 0.461 e. The van der Waals surface area contributed by atoms with Crippen molar-refractivity contribution in [3.8, 4) is 0 Å². The van der Waals surface area contributed by atoms with E-state index in [4.69, 9.17) is 14.2 Å². The Bertz CT molecular complexity index is 1050. The monoisotopic (exact) mass is 730 g/mol. The van der Waals surface area contributed by atoms with Crippen LogP contribution >= 0.6 is 22.6 Å². The number of rotatable bonds is 22. The van der Waals surface area contributed by atoms with Gasteiger partial charge in [0.05, 0.1) is 24.2 Å². The summed E-state index contributed by atoms with van der Waals surface area (Å²) in [4.78, 5) is 61.5. The predicted octanol–water partition coefficient (Wildman–Crippen LogP) is 5.44. The fourth-order valence-electron chi connectivity index (χ4n) is 3.96. The van der Waals surface area contributed by atoms with Crippen LogP contribution in [-0.4, -0.2) is 66.2 Å². The van der Waals surface area contributed by atoms with E-state index >= 15 is 0 Å². The molecule has 44 heavy (non-hydrogen) atoms. The number of carbonyl (C=O) groups excluding carboxylic acids is 5. The molecule has 248 valence electrons. The second-order valence-electron chi connectivity index (χ2n) is 12.5. The van der Waals surface area contributed by atoms with Crippen LogP contribution in [0.1, 0.15) is 85.6 Å². The van der Waals surface area contributed by atoms with Gasteiger partial charge in [0.2, 0.25) is 11.8 Å². The molecule has 1 aromatic carbocycles. The molecule has 0 aliphatic heterocycles. The van der Waals surface area contributed by atoms with E-state index in [2.05, 4.69) is 31.4 Å². The molecular formula is C33H51IN2O8. The number of ketones is 2. The van der Waals surface area contributed by atoms with Gasteiger partial charge in [0.1, 0.15) is 24.2 Å². The van der Waals surface area contributed by atoms with Gasteiger partial charge in [0.25, 0.3) is 0 Å². The molecule has 0 fully saturated rings. The molecule has 0 spiro atoms. The van der Waals surface area contributed by atoms with Crippen LogP contribution in [0.4, 0.5) is 5.69 Å². The van der Waals surface area contributed by atoms with Crippen molar-refractivity contribution >= 4 is 57.6 Å². The number of esters is 1. The van der Waals surface area contributed by atoms with E-state index < -0.39 is 12.0 Å². The van der Waals surface area contributed by atoms with Crippen molar-refractivity contribution in [2.24, 2.45) is 17.3 Å². The summed E-state index contributed by atoms with van der Waals surface area (Å²) >= 11 is 2.05. The van der Waals surface area contributed by atoms with E-state index in [9.17, 15) is 24.0 Å². The maximum absolute atomic E-state index is 13.0. The maximum Gasteiger partial charge on any atom is 0.306 e. The summed E-state index contributed by atoms with van der Waals surface area (Å²) in [6.07, 6.45) is 2.55. The van der Waals surface area contributed by atoms with Crippen LogP contribution in [0.3, 0.4) is 0 Å². The summed E-state index contributed by atoms with van der Waals surface area (Å²) in [5.74, 6) is -1.54. The summed E-state index contributed by atoms with van der Waals surface area (Å²) in [6, 6.07) is 6.15. The SMILES string of the molecule is CC(C)[C@H](CC(=O)CCOCCOCCCC(=O)CI)C(=O)N[C@@H](C)C(=O)Nc1ccc(COC(=O)CCC(C)(C)C)cc1. The van der Waals surface area contributed by atoms with E-state index in [1.165, 1.54) is 0 Å². The molecular weight excluding hydrogens is 679 g/mol. The highest BCUT2D eigenvalue weighted by Gasteiger charge is 2.27. The lowest BCUT2D eigenvalue weighted by Crippen LogP contribution is -2.45. The van der Waals surface area contributed by atoms with Crippen molar-refractivity contribution < 1.29 is 38.2 Å². The first kappa shape index (κ1) is 39.6. The highest BCUT2D eigenvalue weighted by molar-refractivity contribution is 14.1. The summed E-state index contributed by atoms with van der Waals surface area (Å²) in [6.45, 7) is 13.2. The minimum absolute atomic E-state index is 0.0603. The Hall–Kier alpha value is -2.38. The Kier molecular flexibility index (Phi) is 19.3. The Morgan fingerprint density at radius 3 is 2.05 bits per heavy atom. The smallest absolute Gasteiger partial charge is 0.306 e. The molecule has 0 aliphatic rings. The van der Waals surface area contributed by atoms with Crippen LogP contribution in [0.15, 0.2) is 24.3 Å². The number of halogens is 1. The van der Waals surface area contributed by atoms with E-state index in [1.807, 2.05) is 36.4 Å². The van der Waals surface area contributed by atoms with Crippen molar-refractivity contribution in [3.63, 3.8) is 0 Å². The van der Waals surface area contributed by atoms with Crippen molar-refractivity contribution in [2.45, 2.75) is 92.7 Å². The second kappa shape index (κ2) is 21.4. The summed E-state index contributed by atoms with van der Waals surface area (Å²) < 4.78 is 16.7. The lowest BCUT2D eigenvalue weighted by Gasteiger charge is -2.22. The van der Waals surface area contributed by atoms with Crippen LogP contribution < -0.4 is 10.6 Å². The summed E-state index contributed by atoms with van der Waals surface area (Å²) in [7, 11) is 0. The fraction of sp³-hybridized carbons (Fsp3) is 0.667. The first-order valence-corrected chi connectivity index (χ1v) is 16.8. The molecule has 10 nitrogen and oxygen atoms in total. The average molecular weight is 731 g/mol. The van der Waals surface area contributed by atoms with Gasteiger partial charge in [0, 0.05) is 43.9 Å². The fourth-order valence-corrected chi connectivity index (χ4v) is 4.34. The topological polar surface area (TPSA) is 137 Å². The Morgan fingerprint density at radius 2 is 1.45 bits per heavy atom. The number of hydrogen-bond acceptors (Lipinski definition) is 8. The van der Waals surface area contributed by atoms with Gasteiger partial charge in [-0.15, -0.1) is 0 Å². The van der Waals surface area contributed by atoms with Crippen LogP contribution in [0, 0.1) is 17.3 Å². The van der Waals surface area contributed by atoms with Crippen LogP contribution in [-0.2, 0) is 44.8 Å². The highest BCUT2D eigenvalue weighted by Crippen LogP contribution is 2.21. The van der Waals surface area contributed by atoms with Crippen molar-refractivity contribution in [2.75, 3.05) is 36.2 Å². The lowest BCUT2D eigenvalue weighted by atomic mass is 9.89. The number of alkyl halides is 1. The molecule has 2 atom stereocenters. The molecule has 2 amide bonds. The third kappa shape index (κ3) is 18.4. The van der Waals surface area contributed by atoms with Gasteiger partial charge in [-0.25, -0.2) is 0 Å². The number of ether oxygens (including phenoxy) is 3. The van der Waals surface area contributed by atoms with Gasteiger partial charge in [-0.2, -0.15) is 0 Å². The standard InChI is InChI=1S/C33H51IN2O8/c1-23(2)29(20-27(37)14-17-43-19-18-42-16-7-8-28(38)21-34)32(41)35-24(3)31(40)36-26-11-9-25(10-12-26)22-44-30(39)13-15-33(4,5)6/h9-12,23-24,29H,7-8,13-22H2,1-6H3,(H,35,41)(H,36,40)/t24-,29-/m0/s1. The van der Waals surface area contributed by atoms with Crippen LogP contribution in [0.5, 0.6) is 0 Å². The number of anilines is 1. The minimum Gasteiger partial charge on any atom is -0.461 e. The first-order chi connectivity index (χ1) is 20.7. The van der Waals surface area contributed by atoms with Crippen molar-refractivity contribution in [1.29, 1.82) is 0 Å². The Balaban J connectivity index is 2.40. The molecule has 0 heterocycles. The van der Waals surface area contributed by atoms with Gasteiger partial charge in [0.15, 0.2) is 0 Å². The normalized spacial score (nSPS) is 12.8. The average Bonchev–Trinajstić information content (AvgIpc) is 2.96. The molecule has 0 unspecified atom stereocenters. The van der Waals surface area contributed by atoms with Crippen LogP contribution in [0.25, 0.3) is 0 Å². The molecule has 1 aromatic rings. The van der Waals surface area contributed by atoms with Crippen molar-refractivity contribution in [3.05, 3.63) is 29.8 Å². The zero-order chi connectivity index (χ0) is 33.1. The Morgan fingerprint density at radius 1 is 0.818 bits per heavy atom. The third-order valence-electron chi connectivity index (χ3n) is 6.83. The van der Waals surface area contributed by atoms with E-state index in [-0.39, 0.29) is 66.7 Å². The number of Topliss-reactive ketones (excluding diaryl/α,β-unsaturated/α-hetero) is 2. The lowest BCUT2D eigenvalue weighted by molar-refractivity contribution is -0.145. The zero-order valence-electron chi connectivity index (χ0n) is 27.2. The van der Waals surface area contributed by atoms with Gasteiger partial charge < -0.3 is 24.8 Å². The number of hydrogen-bond donors (Lipinski definition) is 2. The number of amides is 2. The maximum atomic E-state index is 13.0. The molecule has 1 rings (SSSR count). The Labute approximate surface area is 276 Å². The van der Waals surface area contributed by atoms with Gasteiger partial charge >= 0.3 is 5.97 Å².